The summed E-state index contributed by atoms with van der Waals surface area (Å²) in [5, 5.41) is 12.6. The average Bonchev–Trinajstić information content (AvgIpc) is 3.61. The summed E-state index contributed by atoms with van der Waals surface area (Å²) < 4.78 is 5.44. The minimum Gasteiger partial charge on any atom is -0.319 e. The van der Waals surface area contributed by atoms with E-state index >= 15 is 0 Å². The van der Waals surface area contributed by atoms with Gasteiger partial charge < -0.3 is 5.32 Å². The Morgan fingerprint density at radius 3 is 2.46 bits per heavy atom. The molecular weight excluding hydrogens is 508 g/mol. The van der Waals surface area contributed by atoms with E-state index in [1.807, 2.05) is 68.4 Å². The lowest BCUT2D eigenvalue weighted by Gasteiger charge is -2.18. The first-order valence-electron chi connectivity index (χ1n) is 12.4. The van der Waals surface area contributed by atoms with Crippen LogP contribution in [0.5, 0.6) is 0 Å². The van der Waals surface area contributed by atoms with Crippen LogP contribution in [0.15, 0.2) is 64.5 Å². The number of anilines is 1. The predicted molar refractivity (Wildman–Crippen MR) is 148 cm³/mol. The lowest BCUT2D eigenvalue weighted by molar-refractivity contribution is -0.115. The van der Waals surface area contributed by atoms with Gasteiger partial charge in [-0.05, 0) is 51.0 Å². The fourth-order valence-corrected chi connectivity index (χ4v) is 5.96. The van der Waals surface area contributed by atoms with Crippen molar-refractivity contribution in [1.82, 2.24) is 24.1 Å². The van der Waals surface area contributed by atoms with Gasteiger partial charge >= 0.3 is 0 Å². The van der Waals surface area contributed by atoms with Gasteiger partial charge in [-0.2, -0.15) is 0 Å². The van der Waals surface area contributed by atoms with Gasteiger partial charge in [-0.25, -0.2) is 4.68 Å². The maximum atomic E-state index is 13.3. The number of hydrogen-bond acceptors (Lipinski definition) is 5. The van der Waals surface area contributed by atoms with Crippen LogP contribution in [0.1, 0.15) is 44.3 Å². The molecule has 1 unspecified atom stereocenters. The molecule has 0 aliphatic heterocycles. The van der Waals surface area contributed by atoms with Crippen molar-refractivity contribution in [3.8, 4) is 17.1 Å². The summed E-state index contributed by atoms with van der Waals surface area (Å²) >= 11 is 7.84. The summed E-state index contributed by atoms with van der Waals surface area (Å²) in [6.07, 6.45) is 4.36. The van der Waals surface area contributed by atoms with E-state index in [-0.39, 0.29) is 23.2 Å². The second kappa shape index (κ2) is 10.6. The van der Waals surface area contributed by atoms with Gasteiger partial charge in [0.15, 0.2) is 11.0 Å². The van der Waals surface area contributed by atoms with Crippen molar-refractivity contribution in [2.45, 2.75) is 56.0 Å². The van der Waals surface area contributed by atoms with E-state index in [0.29, 0.717) is 15.9 Å². The molecular formula is C27H29ClN6O2S. The van der Waals surface area contributed by atoms with Crippen LogP contribution in [0.4, 0.5) is 5.69 Å². The Bertz CT molecular complexity index is 1490. The van der Waals surface area contributed by atoms with Crippen LogP contribution in [0.2, 0.25) is 5.02 Å². The quantitative estimate of drug-likeness (QED) is 0.309. The van der Waals surface area contributed by atoms with Gasteiger partial charge in [-0.1, -0.05) is 66.5 Å². The number of nitrogens with one attached hydrogen (secondary N) is 1. The summed E-state index contributed by atoms with van der Waals surface area (Å²) in [7, 11) is 1.80. The highest BCUT2D eigenvalue weighted by molar-refractivity contribution is 8.00. The Morgan fingerprint density at radius 1 is 1.08 bits per heavy atom. The normalized spacial score (nSPS) is 14.7. The number of carbonyl (C=O) groups excluding carboxylic acids is 1. The fraction of sp³-hybridized carbons (Fsp3) is 0.333. The van der Waals surface area contributed by atoms with Crippen molar-refractivity contribution in [2.24, 2.45) is 7.05 Å². The number of para-hydroxylation sites is 1. The third-order valence-electron chi connectivity index (χ3n) is 6.92. The molecule has 5 rings (SSSR count). The molecule has 0 radical (unpaired) electrons. The van der Waals surface area contributed by atoms with Crippen LogP contribution in [0.25, 0.3) is 17.1 Å². The van der Waals surface area contributed by atoms with Gasteiger partial charge in [0.2, 0.25) is 5.91 Å². The molecule has 0 spiro atoms. The van der Waals surface area contributed by atoms with Crippen LogP contribution < -0.4 is 10.9 Å². The maximum absolute atomic E-state index is 13.3. The molecule has 192 valence electrons. The van der Waals surface area contributed by atoms with E-state index in [1.54, 1.807) is 16.4 Å². The lowest BCUT2D eigenvalue weighted by atomic mass is 10.2. The number of amides is 1. The summed E-state index contributed by atoms with van der Waals surface area (Å²) in [4.78, 5) is 26.5. The van der Waals surface area contributed by atoms with E-state index in [0.717, 1.165) is 42.8 Å². The molecule has 2 aromatic carbocycles. The number of halogens is 1. The third-order valence-corrected chi connectivity index (χ3v) is 8.31. The van der Waals surface area contributed by atoms with Crippen molar-refractivity contribution in [3.63, 3.8) is 0 Å². The molecule has 1 atom stereocenters. The molecule has 1 N–H and O–H groups in total. The van der Waals surface area contributed by atoms with Gasteiger partial charge in [0.25, 0.3) is 5.56 Å². The molecule has 37 heavy (non-hydrogen) atoms. The Hall–Kier alpha value is -3.30. The molecule has 8 nitrogen and oxygen atoms in total. The number of benzene rings is 2. The first-order chi connectivity index (χ1) is 17.9. The largest absolute Gasteiger partial charge is 0.319 e. The highest BCUT2D eigenvalue weighted by atomic mass is 35.5. The first-order valence-corrected chi connectivity index (χ1v) is 13.6. The predicted octanol–water partition coefficient (Wildman–Crippen LogP) is 5.63. The standard InChI is InChI=1S/C27H29ClN6O2S/c1-17-23(26(36)34(32(17)3)20-13-5-4-6-14-20)29-25(35)18(2)37-27-31-30-24(21-15-9-10-16-22(21)28)33(27)19-11-7-8-12-19/h4-6,9-10,13-16,18-19H,7-8,11-12H2,1-3H3,(H,29,35). The van der Waals surface area contributed by atoms with Crippen LogP contribution in [-0.4, -0.2) is 35.3 Å². The van der Waals surface area contributed by atoms with Crippen molar-refractivity contribution >= 4 is 35.0 Å². The molecule has 4 aromatic rings. The van der Waals surface area contributed by atoms with E-state index in [1.165, 1.54) is 11.8 Å². The number of aromatic nitrogens is 5. The number of rotatable bonds is 7. The molecule has 1 aliphatic carbocycles. The minimum atomic E-state index is -0.507. The Kier molecular flexibility index (Phi) is 7.26. The molecule has 2 heterocycles. The van der Waals surface area contributed by atoms with Crippen LogP contribution in [0, 0.1) is 6.92 Å². The summed E-state index contributed by atoms with van der Waals surface area (Å²) in [5.74, 6) is 0.452. The molecule has 1 saturated carbocycles. The summed E-state index contributed by atoms with van der Waals surface area (Å²) in [6, 6.07) is 17.2. The van der Waals surface area contributed by atoms with Crippen molar-refractivity contribution in [3.05, 3.63) is 75.7 Å². The maximum Gasteiger partial charge on any atom is 0.295 e. The summed E-state index contributed by atoms with van der Waals surface area (Å²) in [5.41, 5.74) is 2.24. The SMILES string of the molecule is Cc1c(NC(=O)C(C)Sc2nnc(-c3ccccc3Cl)n2C2CCCC2)c(=O)n(-c2ccccc2)n1C. The number of hydrogen-bond donors (Lipinski definition) is 1. The van der Waals surface area contributed by atoms with Crippen LogP contribution in [0.3, 0.4) is 0 Å². The monoisotopic (exact) mass is 536 g/mol. The highest BCUT2D eigenvalue weighted by Gasteiger charge is 2.29. The number of nitrogens with zero attached hydrogens (tertiary/aromatic N) is 5. The fourth-order valence-electron chi connectivity index (χ4n) is 4.82. The second-order valence-corrected chi connectivity index (χ2v) is 11.0. The van der Waals surface area contributed by atoms with Crippen molar-refractivity contribution in [2.75, 3.05) is 5.32 Å². The molecule has 10 heteroatoms. The molecule has 0 saturated heterocycles. The zero-order valence-corrected chi connectivity index (χ0v) is 22.6. The Labute approximate surface area is 224 Å². The van der Waals surface area contributed by atoms with Gasteiger partial charge in [-0.15, -0.1) is 10.2 Å². The van der Waals surface area contributed by atoms with E-state index < -0.39 is 5.25 Å². The van der Waals surface area contributed by atoms with E-state index in [4.69, 9.17) is 11.6 Å². The van der Waals surface area contributed by atoms with Crippen molar-refractivity contribution < 1.29 is 4.79 Å². The second-order valence-electron chi connectivity index (χ2n) is 9.28. The number of carbonyl (C=O) groups is 1. The average molecular weight is 537 g/mol. The van der Waals surface area contributed by atoms with Crippen molar-refractivity contribution in [1.29, 1.82) is 0 Å². The first kappa shape index (κ1) is 25.4. The van der Waals surface area contributed by atoms with Crippen LogP contribution >= 0.6 is 23.4 Å². The molecule has 1 aliphatic rings. The minimum absolute atomic E-state index is 0.258. The molecule has 1 amide bonds. The third kappa shape index (κ3) is 4.85. The lowest BCUT2D eigenvalue weighted by Crippen LogP contribution is -2.27. The van der Waals surface area contributed by atoms with Gasteiger partial charge in [0, 0.05) is 18.7 Å². The van der Waals surface area contributed by atoms with Gasteiger partial charge in [0.05, 0.1) is 21.7 Å². The molecule has 1 fully saturated rings. The van der Waals surface area contributed by atoms with E-state index in [2.05, 4.69) is 20.1 Å². The zero-order chi connectivity index (χ0) is 26.1. The Morgan fingerprint density at radius 2 is 1.76 bits per heavy atom. The molecule has 2 aromatic heterocycles. The smallest absolute Gasteiger partial charge is 0.295 e. The van der Waals surface area contributed by atoms with Crippen LogP contribution in [-0.2, 0) is 11.8 Å². The summed E-state index contributed by atoms with van der Waals surface area (Å²) in [6.45, 7) is 3.64. The Balaban J connectivity index is 1.41. The highest BCUT2D eigenvalue weighted by Crippen LogP contribution is 2.39. The van der Waals surface area contributed by atoms with Gasteiger partial charge in [0.1, 0.15) is 5.69 Å². The molecule has 0 bridgehead atoms. The number of thioether (sulfide) groups is 1. The zero-order valence-electron chi connectivity index (χ0n) is 21.0. The van der Waals surface area contributed by atoms with Gasteiger partial charge in [-0.3, -0.25) is 18.8 Å². The van der Waals surface area contributed by atoms with E-state index in [9.17, 15) is 9.59 Å². The topological polar surface area (TPSA) is 86.7 Å².